The number of fused-ring (bicyclic) bond motifs is 1. The van der Waals surface area contributed by atoms with E-state index >= 15 is 0 Å². The van der Waals surface area contributed by atoms with E-state index in [1.54, 1.807) is 16.8 Å². The molecule has 1 aliphatic carbocycles. The quantitative estimate of drug-likeness (QED) is 0.777. The molecule has 0 fully saturated rings. The molecule has 0 unspecified atom stereocenters. The van der Waals surface area contributed by atoms with Gasteiger partial charge in [0.25, 0.3) is 0 Å². The Kier molecular flexibility index (Phi) is 3.73. The maximum Gasteiger partial charge on any atom is 0.247 e. The number of aromatic nitrogens is 6. The lowest BCUT2D eigenvalue weighted by molar-refractivity contribution is -0.117. The first-order chi connectivity index (χ1) is 11.7. The fourth-order valence-electron chi connectivity index (χ4n) is 2.86. The molecule has 1 aromatic carbocycles. The van der Waals surface area contributed by atoms with Gasteiger partial charge in [-0.3, -0.25) is 4.79 Å². The SMILES string of the molecule is O=C(Cn1cnnn1)Nc1c2c(nn1-c1ccc(Cl)cc1)CCC2. The highest BCUT2D eigenvalue weighted by Crippen LogP contribution is 2.31. The van der Waals surface area contributed by atoms with Crippen molar-refractivity contribution in [2.75, 3.05) is 5.32 Å². The second-order valence-corrected chi connectivity index (χ2v) is 6.01. The second-order valence-electron chi connectivity index (χ2n) is 5.57. The van der Waals surface area contributed by atoms with E-state index < -0.39 is 0 Å². The number of hydrogen-bond donors (Lipinski definition) is 1. The number of anilines is 1. The summed E-state index contributed by atoms with van der Waals surface area (Å²) in [5.74, 6) is 0.509. The molecule has 9 heteroatoms. The van der Waals surface area contributed by atoms with E-state index in [1.165, 1.54) is 11.0 Å². The molecule has 0 saturated carbocycles. The normalized spacial score (nSPS) is 13.0. The number of hydrogen-bond acceptors (Lipinski definition) is 5. The Morgan fingerprint density at radius 3 is 2.83 bits per heavy atom. The minimum absolute atomic E-state index is 0.0492. The van der Waals surface area contributed by atoms with Crippen LogP contribution in [0.2, 0.25) is 5.02 Å². The molecule has 122 valence electrons. The third kappa shape index (κ3) is 2.76. The van der Waals surface area contributed by atoms with Crippen molar-refractivity contribution in [3.8, 4) is 5.69 Å². The predicted molar refractivity (Wildman–Crippen MR) is 87.0 cm³/mol. The number of tetrazole rings is 1. The van der Waals surface area contributed by atoms with Crippen LogP contribution in [0.1, 0.15) is 17.7 Å². The van der Waals surface area contributed by atoms with Crippen LogP contribution >= 0.6 is 11.6 Å². The van der Waals surface area contributed by atoms with E-state index in [0.717, 1.165) is 36.2 Å². The van der Waals surface area contributed by atoms with Crippen LogP contribution < -0.4 is 5.32 Å². The molecule has 4 rings (SSSR count). The molecule has 0 saturated heterocycles. The first-order valence-corrected chi connectivity index (χ1v) is 7.96. The topological polar surface area (TPSA) is 90.5 Å². The number of carbonyl (C=O) groups is 1. The van der Waals surface area contributed by atoms with Crippen molar-refractivity contribution in [3.05, 3.63) is 46.9 Å². The summed E-state index contributed by atoms with van der Waals surface area (Å²) in [6, 6.07) is 7.36. The lowest BCUT2D eigenvalue weighted by Gasteiger charge is -2.11. The summed E-state index contributed by atoms with van der Waals surface area (Å²) < 4.78 is 3.14. The molecule has 0 bridgehead atoms. The van der Waals surface area contributed by atoms with Crippen LogP contribution in [0.3, 0.4) is 0 Å². The van der Waals surface area contributed by atoms with Crippen molar-refractivity contribution in [2.24, 2.45) is 0 Å². The first kappa shape index (κ1) is 14.8. The van der Waals surface area contributed by atoms with E-state index in [-0.39, 0.29) is 12.5 Å². The van der Waals surface area contributed by atoms with Gasteiger partial charge in [-0.05, 0) is 54.0 Å². The maximum atomic E-state index is 12.3. The maximum absolute atomic E-state index is 12.3. The van der Waals surface area contributed by atoms with Gasteiger partial charge in [0.05, 0.1) is 11.4 Å². The summed E-state index contributed by atoms with van der Waals surface area (Å²) in [4.78, 5) is 12.3. The smallest absolute Gasteiger partial charge is 0.247 e. The van der Waals surface area contributed by atoms with Gasteiger partial charge < -0.3 is 5.32 Å². The highest BCUT2D eigenvalue weighted by molar-refractivity contribution is 6.30. The average Bonchev–Trinajstić information content (AvgIpc) is 3.27. The van der Waals surface area contributed by atoms with Crippen molar-refractivity contribution < 1.29 is 4.79 Å². The third-order valence-corrected chi connectivity index (χ3v) is 4.19. The second kappa shape index (κ2) is 6.04. The van der Waals surface area contributed by atoms with Crippen molar-refractivity contribution in [3.63, 3.8) is 0 Å². The Morgan fingerprint density at radius 2 is 2.08 bits per heavy atom. The minimum Gasteiger partial charge on any atom is -0.309 e. The number of benzene rings is 1. The molecular formula is C15H14ClN7O. The van der Waals surface area contributed by atoms with Gasteiger partial charge in [-0.25, -0.2) is 9.36 Å². The fraction of sp³-hybridized carbons (Fsp3) is 0.267. The zero-order valence-corrected chi connectivity index (χ0v) is 13.4. The van der Waals surface area contributed by atoms with Crippen molar-refractivity contribution in [1.29, 1.82) is 0 Å². The molecule has 0 atom stereocenters. The Bertz CT molecular complexity index is 870. The van der Waals surface area contributed by atoms with Gasteiger partial charge in [-0.2, -0.15) is 5.10 Å². The van der Waals surface area contributed by atoms with E-state index in [9.17, 15) is 4.79 Å². The molecular weight excluding hydrogens is 330 g/mol. The fourth-order valence-corrected chi connectivity index (χ4v) is 2.99. The first-order valence-electron chi connectivity index (χ1n) is 7.58. The molecule has 3 aromatic rings. The van der Waals surface area contributed by atoms with Gasteiger partial charge >= 0.3 is 0 Å². The molecule has 2 heterocycles. The Hall–Kier alpha value is -2.74. The summed E-state index contributed by atoms with van der Waals surface area (Å²) in [6.07, 6.45) is 4.28. The Labute approximate surface area is 142 Å². The van der Waals surface area contributed by atoms with Crippen LogP contribution in [-0.4, -0.2) is 35.9 Å². The van der Waals surface area contributed by atoms with Crippen LogP contribution in [0.25, 0.3) is 5.69 Å². The predicted octanol–water partition coefficient (Wildman–Crippen LogP) is 1.64. The van der Waals surface area contributed by atoms with Gasteiger partial charge in [0.2, 0.25) is 5.91 Å². The molecule has 2 aromatic heterocycles. The summed E-state index contributed by atoms with van der Waals surface area (Å²) >= 11 is 5.96. The molecule has 1 amide bonds. The van der Waals surface area contributed by atoms with Crippen molar-refractivity contribution >= 4 is 23.3 Å². The number of aryl methyl sites for hydroxylation is 1. The number of nitrogens with zero attached hydrogens (tertiary/aromatic N) is 6. The lowest BCUT2D eigenvalue weighted by Crippen LogP contribution is -2.21. The standard InChI is InChI=1S/C15H14ClN7O/c16-10-4-6-11(7-5-10)23-15(12-2-1-3-13(12)19-23)18-14(24)8-22-9-17-20-21-22/h4-7,9H,1-3,8H2,(H,18,24). The van der Waals surface area contributed by atoms with Gasteiger partial charge in [-0.1, -0.05) is 11.6 Å². The number of carbonyl (C=O) groups excluding carboxylic acids is 1. The van der Waals surface area contributed by atoms with E-state index in [0.29, 0.717) is 10.8 Å². The van der Waals surface area contributed by atoms with Crippen LogP contribution in [0, 0.1) is 0 Å². The number of rotatable bonds is 4. The monoisotopic (exact) mass is 343 g/mol. The molecule has 0 aliphatic heterocycles. The highest BCUT2D eigenvalue weighted by atomic mass is 35.5. The Balaban J connectivity index is 1.66. The number of nitrogens with one attached hydrogen (secondary N) is 1. The highest BCUT2D eigenvalue weighted by Gasteiger charge is 2.24. The number of halogens is 1. The molecule has 0 spiro atoms. The van der Waals surface area contributed by atoms with E-state index in [2.05, 4.69) is 25.9 Å². The van der Waals surface area contributed by atoms with Gasteiger partial charge in [0.1, 0.15) is 18.7 Å². The van der Waals surface area contributed by atoms with Crippen molar-refractivity contribution in [1.82, 2.24) is 30.0 Å². The summed E-state index contributed by atoms with van der Waals surface area (Å²) in [6.45, 7) is 0.0492. The lowest BCUT2D eigenvalue weighted by atomic mass is 10.2. The molecule has 0 radical (unpaired) electrons. The summed E-state index contributed by atoms with van der Waals surface area (Å²) in [7, 11) is 0. The Morgan fingerprint density at radius 1 is 1.25 bits per heavy atom. The van der Waals surface area contributed by atoms with Gasteiger partial charge in [0, 0.05) is 10.6 Å². The minimum atomic E-state index is -0.202. The van der Waals surface area contributed by atoms with E-state index in [4.69, 9.17) is 11.6 Å². The van der Waals surface area contributed by atoms with E-state index in [1.807, 2.05) is 12.1 Å². The van der Waals surface area contributed by atoms with Gasteiger partial charge in [-0.15, -0.1) is 5.10 Å². The molecule has 24 heavy (non-hydrogen) atoms. The average molecular weight is 344 g/mol. The van der Waals surface area contributed by atoms with Crippen LogP contribution in [0.4, 0.5) is 5.82 Å². The molecule has 8 nitrogen and oxygen atoms in total. The number of amides is 1. The van der Waals surface area contributed by atoms with Crippen LogP contribution in [-0.2, 0) is 24.2 Å². The van der Waals surface area contributed by atoms with Gasteiger partial charge in [0.15, 0.2) is 0 Å². The zero-order chi connectivity index (χ0) is 16.5. The van der Waals surface area contributed by atoms with Crippen LogP contribution in [0.15, 0.2) is 30.6 Å². The summed E-state index contributed by atoms with van der Waals surface area (Å²) in [5, 5.41) is 19.0. The molecule has 1 N–H and O–H groups in total. The zero-order valence-electron chi connectivity index (χ0n) is 12.7. The van der Waals surface area contributed by atoms with Crippen LogP contribution in [0.5, 0.6) is 0 Å². The summed E-state index contributed by atoms with van der Waals surface area (Å²) in [5.41, 5.74) is 2.98. The van der Waals surface area contributed by atoms with Crippen molar-refractivity contribution in [2.45, 2.75) is 25.8 Å². The largest absolute Gasteiger partial charge is 0.309 e. The third-order valence-electron chi connectivity index (χ3n) is 3.93. The molecule has 1 aliphatic rings.